The van der Waals surface area contributed by atoms with Crippen molar-refractivity contribution in [3.05, 3.63) is 65.7 Å². The summed E-state index contributed by atoms with van der Waals surface area (Å²) in [5.74, 6) is -0.216. The fourth-order valence-electron chi connectivity index (χ4n) is 3.08. The van der Waals surface area contributed by atoms with Crippen molar-refractivity contribution in [1.29, 1.82) is 0 Å². The average molecular weight is 388 g/mol. The summed E-state index contributed by atoms with van der Waals surface area (Å²) in [6.07, 6.45) is 1.86. The molecule has 6 nitrogen and oxygen atoms in total. The Morgan fingerprint density at radius 3 is 2.22 bits per heavy atom. The number of amides is 1. The van der Waals surface area contributed by atoms with Crippen LogP contribution in [0.4, 0.5) is 0 Å². The molecular formula is C20H24N2O4S. The van der Waals surface area contributed by atoms with E-state index in [2.05, 4.69) is 5.32 Å². The molecule has 0 aliphatic heterocycles. The van der Waals surface area contributed by atoms with E-state index in [4.69, 9.17) is 0 Å². The number of carbonyl (C=O) groups is 1. The van der Waals surface area contributed by atoms with Gasteiger partial charge in [-0.2, -0.15) is 0 Å². The topological polar surface area (TPSA) is 86.7 Å². The summed E-state index contributed by atoms with van der Waals surface area (Å²) in [6, 6.07) is 15.1. The van der Waals surface area contributed by atoms with Crippen LogP contribution in [-0.4, -0.2) is 44.4 Å². The number of nitrogens with zero attached hydrogens (tertiary/aromatic N) is 1. The Labute approximate surface area is 159 Å². The molecule has 1 aliphatic carbocycles. The van der Waals surface area contributed by atoms with E-state index in [0.717, 1.165) is 22.7 Å². The lowest BCUT2D eigenvalue weighted by atomic mass is 9.88. The summed E-state index contributed by atoms with van der Waals surface area (Å²) in [5, 5.41) is 13.9. The molecule has 1 aliphatic rings. The van der Waals surface area contributed by atoms with E-state index in [-0.39, 0.29) is 23.3 Å². The van der Waals surface area contributed by atoms with Gasteiger partial charge < -0.3 is 10.4 Å². The number of sulfonamides is 1. The number of nitrogens with one attached hydrogen (secondary N) is 1. The molecule has 0 aromatic heterocycles. The molecule has 1 saturated carbocycles. The molecule has 0 saturated heterocycles. The second-order valence-electron chi connectivity index (χ2n) is 7.06. The third-order valence-corrected chi connectivity index (χ3v) is 6.77. The van der Waals surface area contributed by atoms with Gasteiger partial charge in [-0.3, -0.25) is 4.79 Å². The quantitative estimate of drug-likeness (QED) is 0.759. The second-order valence-corrected chi connectivity index (χ2v) is 9.21. The van der Waals surface area contributed by atoms with Crippen molar-refractivity contribution in [2.45, 2.75) is 23.3 Å². The van der Waals surface area contributed by atoms with E-state index < -0.39 is 15.6 Å². The molecule has 2 N–H and O–H groups in total. The summed E-state index contributed by atoms with van der Waals surface area (Å²) in [4.78, 5) is 12.6. The van der Waals surface area contributed by atoms with Gasteiger partial charge in [-0.25, -0.2) is 12.7 Å². The predicted octanol–water partition coefficient (Wildman–Crippen LogP) is 1.96. The van der Waals surface area contributed by atoms with Gasteiger partial charge in [0, 0.05) is 19.7 Å². The molecule has 2 aromatic rings. The highest BCUT2D eigenvalue weighted by Crippen LogP contribution is 2.45. The Morgan fingerprint density at radius 1 is 1.11 bits per heavy atom. The van der Waals surface area contributed by atoms with Crippen LogP contribution in [-0.2, 0) is 15.6 Å². The van der Waals surface area contributed by atoms with Crippen LogP contribution < -0.4 is 5.32 Å². The van der Waals surface area contributed by atoms with Gasteiger partial charge in [0.2, 0.25) is 10.0 Å². The number of hydrogen-bond donors (Lipinski definition) is 2. The van der Waals surface area contributed by atoms with Crippen LogP contribution in [0.3, 0.4) is 0 Å². The second kappa shape index (κ2) is 7.42. The van der Waals surface area contributed by atoms with E-state index in [1.165, 1.54) is 38.4 Å². The fraction of sp³-hybridized carbons (Fsp3) is 0.350. The van der Waals surface area contributed by atoms with Crippen LogP contribution in [0.2, 0.25) is 0 Å². The lowest BCUT2D eigenvalue weighted by molar-refractivity contribution is 0.0135. The minimum absolute atomic E-state index is 0.109. The molecule has 0 unspecified atom stereocenters. The monoisotopic (exact) mass is 388 g/mol. The maximum absolute atomic E-state index is 12.5. The summed E-state index contributed by atoms with van der Waals surface area (Å²) in [6.45, 7) is 0.109. The van der Waals surface area contributed by atoms with E-state index in [9.17, 15) is 18.3 Å². The van der Waals surface area contributed by atoms with Crippen molar-refractivity contribution < 1.29 is 18.3 Å². The predicted molar refractivity (Wildman–Crippen MR) is 103 cm³/mol. The van der Waals surface area contributed by atoms with Gasteiger partial charge in [0.25, 0.3) is 5.91 Å². The van der Waals surface area contributed by atoms with Crippen molar-refractivity contribution in [1.82, 2.24) is 9.62 Å². The number of hydrogen-bond acceptors (Lipinski definition) is 4. The molecule has 1 atom stereocenters. The summed E-state index contributed by atoms with van der Waals surface area (Å²) in [7, 11) is -0.619. The Kier molecular flexibility index (Phi) is 5.37. The van der Waals surface area contributed by atoms with Crippen molar-refractivity contribution in [3.63, 3.8) is 0 Å². The van der Waals surface area contributed by atoms with Crippen LogP contribution in [0.15, 0.2) is 59.5 Å². The SMILES string of the molecule is CN(C)S(=O)(=O)c1ccc(C(=O)NC[C@@](O)(c2ccccc2)C2CC2)cc1. The van der Waals surface area contributed by atoms with E-state index >= 15 is 0 Å². The molecule has 0 spiro atoms. The van der Waals surface area contributed by atoms with Gasteiger partial charge >= 0.3 is 0 Å². The first kappa shape index (κ1) is 19.5. The number of aliphatic hydroxyl groups is 1. The standard InChI is InChI=1S/C20H24N2O4S/c1-22(2)27(25,26)18-12-8-15(9-13-18)19(23)21-14-20(24,17-10-11-17)16-6-4-3-5-7-16/h3-9,12-13,17,24H,10-11,14H2,1-2H3,(H,21,23)/t20-/m1/s1. The van der Waals surface area contributed by atoms with Crippen LogP contribution in [0.25, 0.3) is 0 Å². The van der Waals surface area contributed by atoms with Gasteiger partial charge in [-0.1, -0.05) is 30.3 Å². The van der Waals surface area contributed by atoms with Gasteiger partial charge in [0.05, 0.1) is 11.4 Å². The highest BCUT2D eigenvalue weighted by molar-refractivity contribution is 7.89. The third-order valence-electron chi connectivity index (χ3n) is 4.94. The number of benzene rings is 2. The molecule has 2 aromatic carbocycles. The minimum Gasteiger partial charge on any atom is -0.383 e. The van der Waals surface area contributed by atoms with Gasteiger partial charge in [-0.15, -0.1) is 0 Å². The molecule has 27 heavy (non-hydrogen) atoms. The van der Waals surface area contributed by atoms with Crippen molar-refractivity contribution in [3.8, 4) is 0 Å². The highest BCUT2D eigenvalue weighted by atomic mass is 32.2. The highest BCUT2D eigenvalue weighted by Gasteiger charge is 2.45. The maximum atomic E-state index is 12.5. The summed E-state index contributed by atoms with van der Waals surface area (Å²) in [5.41, 5.74) is 0.0460. The molecule has 144 valence electrons. The first-order valence-corrected chi connectivity index (χ1v) is 10.3. The number of carbonyl (C=O) groups excluding carboxylic acids is 1. The molecule has 3 rings (SSSR count). The Bertz CT molecular complexity index is 907. The van der Waals surface area contributed by atoms with Crippen LogP contribution in [0.1, 0.15) is 28.8 Å². The molecule has 0 bridgehead atoms. The smallest absolute Gasteiger partial charge is 0.251 e. The Hall–Kier alpha value is -2.22. The van der Waals surface area contributed by atoms with Crippen molar-refractivity contribution >= 4 is 15.9 Å². The lowest BCUT2D eigenvalue weighted by Gasteiger charge is -2.29. The normalized spacial score (nSPS) is 16.7. The summed E-state index contributed by atoms with van der Waals surface area (Å²) < 4.78 is 25.3. The van der Waals surface area contributed by atoms with E-state index in [0.29, 0.717) is 5.56 Å². The largest absolute Gasteiger partial charge is 0.383 e. The minimum atomic E-state index is -3.53. The first-order chi connectivity index (χ1) is 12.7. The third kappa shape index (κ3) is 4.05. The zero-order valence-electron chi connectivity index (χ0n) is 15.4. The Morgan fingerprint density at radius 2 is 1.70 bits per heavy atom. The van der Waals surface area contributed by atoms with Crippen molar-refractivity contribution in [2.24, 2.45) is 5.92 Å². The lowest BCUT2D eigenvalue weighted by Crippen LogP contribution is -2.42. The first-order valence-electron chi connectivity index (χ1n) is 8.84. The van der Waals surface area contributed by atoms with Crippen molar-refractivity contribution in [2.75, 3.05) is 20.6 Å². The molecular weight excluding hydrogens is 364 g/mol. The Balaban J connectivity index is 1.72. The van der Waals surface area contributed by atoms with E-state index in [1.807, 2.05) is 30.3 Å². The molecule has 1 amide bonds. The van der Waals surface area contributed by atoms with Gasteiger partial charge in [0.15, 0.2) is 0 Å². The average Bonchev–Trinajstić information content (AvgIpc) is 3.52. The van der Waals surface area contributed by atoms with Crippen LogP contribution >= 0.6 is 0 Å². The van der Waals surface area contributed by atoms with E-state index in [1.54, 1.807) is 0 Å². The fourth-order valence-corrected chi connectivity index (χ4v) is 3.98. The molecule has 1 fully saturated rings. The zero-order valence-corrected chi connectivity index (χ0v) is 16.2. The molecule has 0 radical (unpaired) electrons. The molecule has 0 heterocycles. The summed E-state index contributed by atoms with van der Waals surface area (Å²) >= 11 is 0. The van der Waals surface area contributed by atoms with Crippen LogP contribution in [0.5, 0.6) is 0 Å². The zero-order chi connectivity index (χ0) is 19.7. The number of rotatable bonds is 7. The van der Waals surface area contributed by atoms with Gasteiger partial charge in [0.1, 0.15) is 5.60 Å². The molecule has 7 heteroatoms. The van der Waals surface area contributed by atoms with Crippen LogP contribution in [0, 0.1) is 5.92 Å². The van der Waals surface area contributed by atoms with Gasteiger partial charge in [-0.05, 0) is 48.6 Å². The maximum Gasteiger partial charge on any atom is 0.251 e.